The Morgan fingerprint density at radius 2 is 1.76 bits per heavy atom. The van der Waals surface area contributed by atoms with Gasteiger partial charge in [-0.3, -0.25) is 9.59 Å². The predicted octanol–water partition coefficient (Wildman–Crippen LogP) is -0.330. The SMILES string of the molecule is N#Cc1cc2[nH]c(=O)c(=O)n(O)c2cc1C#N. The topological polar surface area (TPSA) is 123 Å². The smallest absolute Gasteiger partial charge is 0.348 e. The lowest BCUT2D eigenvalue weighted by Gasteiger charge is -2.03. The van der Waals surface area contributed by atoms with Crippen LogP contribution >= 0.6 is 0 Å². The highest BCUT2D eigenvalue weighted by Crippen LogP contribution is 2.14. The van der Waals surface area contributed by atoms with Gasteiger partial charge in [0.15, 0.2) is 0 Å². The second-order valence-corrected chi connectivity index (χ2v) is 3.21. The number of benzene rings is 1. The third kappa shape index (κ3) is 1.43. The molecular weight excluding hydrogens is 224 g/mol. The lowest BCUT2D eigenvalue weighted by atomic mass is 10.1. The Hall–Kier alpha value is -3.06. The average molecular weight is 228 g/mol. The summed E-state index contributed by atoms with van der Waals surface area (Å²) in [7, 11) is 0. The van der Waals surface area contributed by atoms with Crippen LogP contribution in [-0.2, 0) is 0 Å². The van der Waals surface area contributed by atoms with Gasteiger partial charge in [0.05, 0.1) is 16.6 Å². The molecule has 0 atom stereocenters. The molecule has 2 aromatic rings. The summed E-state index contributed by atoms with van der Waals surface area (Å²) in [5, 5.41) is 27.0. The first-order valence-electron chi connectivity index (χ1n) is 4.41. The summed E-state index contributed by atoms with van der Waals surface area (Å²) in [5.41, 5.74) is -2.03. The molecule has 0 aliphatic heterocycles. The molecule has 0 fully saturated rings. The van der Waals surface area contributed by atoms with Crippen LogP contribution in [0.25, 0.3) is 11.0 Å². The molecule has 0 radical (unpaired) electrons. The van der Waals surface area contributed by atoms with Crippen LogP contribution in [0.3, 0.4) is 0 Å². The standard InChI is InChI=1S/C10H4N4O3/c11-3-5-1-7-8(2-6(5)4-12)14(17)10(16)9(15)13-7/h1-2,17H,(H,13,15). The van der Waals surface area contributed by atoms with Gasteiger partial charge in [0.25, 0.3) is 0 Å². The lowest BCUT2D eigenvalue weighted by Crippen LogP contribution is -2.35. The van der Waals surface area contributed by atoms with Crippen LogP contribution in [0.1, 0.15) is 11.1 Å². The molecule has 1 aromatic heterocycles. The van der Waals surface area contributed by atoms with Gasteiger partial charge in [0, 0.05) is 0 Å². The third-order valence-electron chi connectivity index (χ3n) is 2.24. The zero-order chi connectivity index (χ0) is 12.6. The molecule has 0 saturated carbocycles. The number of nitrogens with zero attached hydrogens (tertiary/aromatic N) is 3. The Bertz CT molecular complexity index is 817. The van der Waals surface area contributed by atoms with Crippen LogP contribution in [0.4, 0.5) is 0 Å². The minimum Gasteiger partial charge on any atom is -0.425 e. The fourth-order valence-corrected chi connectivity index (χ4v) is 1.43. The fourth-order valence-electron chi connectivity index (χ4n) is 1.43. The molecular formula is C10H4N4O3. The third-order valence-corrected chi connectivity index (χ3v) is 2.24. The fraction of sp³-hybridized carbons (Fsp3) is 0. The molecule has 7 nitrogen and oxygen atoms in total. The molecule has 1 heterocycles. The van der Waals surface area contributed by atoms with E-state index in [-0.39, 0.29) is 26.9 Å². The highest BCUT2D eigenvalue weighted by molar-refractivity contribution is 5.78. The van der Waals surface area contributed by atoms with E-state index in [4.69, 9.17) is 10.5 Å². The summed E-state index contributed by atoms with van der Waals surface area (Å²) >= 11 is 0. The molecule has 0 spiro atoms. The van der Waals surface area contributed by atoms with Gasteiger partial charge in [0.1, 0.15) is 17.7 Å². The normalized spacial score (nSPS) is 9.76. The van der Waals surface area contributed by atoms with E-state index in [1.165, 1.54) is 6.07 Å². The van der Waals surface area contributed by atoms with Gasteiger partial charge in [0.2, 0.25) is 0 Å². The van der Waals surface area contributed by atoms with E-state index >= 15 is 0 Å². The molecule has 0 aliphatic carbocycles. The van der Waals surface area contributed by atoms with Crippen LogP contribution < -0.4 is 11.1 Å². The highest BCUT2D eigenvalue weighted by Gasteiger charge is 2.10. The van der Waals surface area contributed by atoms with E-state index in [1.54, 1.807) is 12.1 Å². The molecule has 0 saturated heterocycles. The first kappa shape index (κ1) is 10.5. The van der Waals surface area contributed by atoms with Crippen LogP contribution in [0.15, 0.2) is 21.7 Å². The van der Waals surface area contributed by atoms with E-state index in [9.17, 15) is 14.8 Å². The number of aromatic amines is 1. The van der Waals surface area contributed by atoms with Crippen molar-refractivity contribution in [2.45, 2.75) is 0 Å². The molecule has 0 unspecified atom stereocenters. The highest BCUT2D eigenvalue weighted by atomic mass is 16.5. The number of hydrogen-bond acceptors (Lipinski definition) is 5. The molecule has 0 bridgehead atoms. The van der Waals surface area contributed by atoms with Gasteiger partial charge >= 0.3 is 11.1 Å². The molecule has 0 amide bonds. The van der Waals surface area contributed by atoms with E-state index < -0.39 is 11.1 Å². The first-order chi connectivity index (χ1) is 8.08. The molecule has 17 heavy (non-hydrogen) atoms. The Labute approximate surface area is 93.3 Å². The van der Waals surface area contributed by atoms with Crippen molar-refractivity contribution in [1.29, 1.82) is 10.5 Å². The summed E-state index contributed by atoms with van der Waals surface area (Å²) in [6, 6.07) is 5.92. The van der Waals surface area contributed by atoms with Crippen molar-refractivity contribution in [2.75, 3.05) is 0 Å². The number of H-pyrrole nitrogens is 1. The largest absolute Gasteiger partial charge is 0.425 e. The molecule has 7 heteroatoms. The number of nitrogens with one attached hydrogen (secondary N) is 1. The van der Waals surface area contributed by atoms with Crippen molar-refractivity contribution in [3.8, 4) is 12.1 Å². The van der Waals surface area contributed by atoms with Crippen molar-refractivity contribution >= 4 is 11.0 Å². The minimum absolute atomic E-state index is 0.00856. The number of hydrogen-bond donors (Lipinski definition) is 2. The van der Waals surface area contributed by atoms with Gasteiger partial charge in [-0.2, -0.15) is 10.5 Å². The maximum atomic E-state index is 11.2. The van der Waals surface area contributed by atoms with Crippen molar-refractivity contribution in [3.63, 3.8) is 0 Å². The summed E-state index contributed by atoms with van der Waals surface area (Å²) < 4.78 is 0.149. The lowest BCUT2D eigenvalue weighted by molar-refractivity contribution is 0.186. The van der Waals surface area contributed by atoms with E-state index in [2.05, 4.69) is 4.98 Å². The Morgan fingerprint density at radius 3 is 2.35 bits per heavy atom. The number of nitriles is 2. The van der Waals surface area contributed by atoms with Crippen LogP contribution in [-0.4, -0.2) is 14.9 Å². The van der Waals surface area contributed by atoms with E-state index in [0.717, 1.165) is 6.07 Å². The van der Waals surface area contributed by atoms with Gasteiger partial charge < -0.3 is 10.2 Å². The average Bonchev–Trinajstić information content (AvgIpc) is 2.34. The quantitative estimate of drug-likeness (QED) is 0.472. The van der Waals surface area contributed by atoms with Crippen molar-refractivity contribution in [2.24, 2.45) is 0 Å². The summed E-state index contributed by atoms with van der Waals surface area (Å²) in [6.07, 6.45) is 0. The van der Waals surface area contributed by atoms with Crippen molar-refractivity contribution < 1.29 is 5.21 Å². The first-order valence-corrected chi connectivity index (χ1v) is 4.41. The van der Waals surface area contributed by atoms with Crippen molar-refractivity contribution in [3.05, 3.63) is 44.0 Å². The van der Waals surface area contributed by atoms with E-state index in [1.807, 2.05) is 0 Å². The number of rotatable bonds is 0. The molecule has 2 N–H and O–H groups in total. The van der Waals surface area contributed by atoms with Crippen LogP contribution in [0, 0.1) is 22.7 Å². The zero-order valence-electron chi connectivity index (χ0n) is 8.26. The molecule has 0 aliphatic rings. The second-order valence-electron chi connectivity index (χ2n) is 3.21. The summed E-state index contributed by atoms with van der Waals surface area (Å²) in [6.45, 7) is 0. The van der Waals surface area contributed by atoms with Crippen molar-refractivity contribution in [1.82, 2.24) is 9.71 Å². The van der Waals surface area contributed by atoms with Crippen LogP contribution in [0.2, 0.25) is 0 Å². The molecule has 2 rings (SSSR count). The minimum atomic E-state index is -1.15. The number of aromatic nitrogens is 2. The Kier molecular flexibility index (Phi) is 2.16. The summed E-state index contributed by atoms with van der Waals surface area (Å²) in [4.78, 5) is 24.5. The molecule has 82 valence electrons. The van der Waals surface area contributed by atoms with Gasteiger partial charge in [-0.25, -0.2) is 0 Å². The van der Waals surface area contributed by atoms with Gasteiger partial charge in [-0.1, -0.05) is 0 Å². The number of fused-ring (bicyclic) bond motifs is 1. The maximum Gasteiger partial charge on any atom is 0.348 e. The predicted molar refractivity (Wildman–Crippen MR) is 55.4 cm³/mol. The zero-order valence-corrected chi connectivity index (χ0v) is 8.26. The Morgan fingerprint density at radius 1 is 1.18 bits per heavy atom. The monoisotopic (exact) mass is 228 g/mol. The Balaban J connectivity index is 3.06. The van der Waals surface area contributed by atoms with Crippen LogP contribution in [0.5, 0.6) is 0 Å². The van der Waals surface area contributed by atoms with E-state index in [0.29, 0.717) is 0 Å². The van der Waals surface area contributed by atoms with Gasteiger partial charge in [-0.15, -0.1) is 4.73 Å². The second kappa shape index (κ2) is 3.51. The maximum absolute atomic E-state index is 11.2. The summed E-state index contributed by atoms with van der Waals surface area (Å²) in [5.74, 6) is 0. The van der Waals surface area contributed by atoms with Gasteiger partial charge in [-0.05, 0) is 12.1 Å². The molecule has 1 aromatic carbocycles.